The molecule has 2 aromatic heterocycles. The first kappa shape index (κ1) is 39.2. The molecule has 1 aliphatic heterocycles. The minimum Gasteiger partial charge on any atom is -0.457 e. The Labute approximate surface area is 393 Å². The summed E-state index contributed by atoms with van der Waals surface area (Å²) < 4.78 is 6.81. The highest BCUT2D eigenvalue weighted by Crippen LogP contribution is 2.64. The first-order valence-electron chi connectivity index (χ1n) is 22.7. The fourth-order valence-corrected chi connectivity index (χ4v) is 10.0. The third-order valence-corrected chi connectivity index (χ3v) is 13.0. The summed E-state index contributed by atoms with van der Waals surface area (Å²) in [5.74, 6) is 5.09. The predicted molar refractivity (Wildman–Crippen MR) is 269 cm³/mol. The number of ether oxygens (including phenoxy) is 1. The monoisotopic (exact) mass is 870 g/mol. The van der Waals surface area contributed by atoms with Gasteiger partial charge in [-0.2, -0.15) is 0 Å². The van der Waals surface area contributed by atoms with Gasteiger partial charge in [0.05, 0.1) is 5.41 Å². The molecule has 0 saturated carbocycles. The topological polar surface area (TPSA) is 86.6 Å². The third-order valence-electron chi connectivity index (χ3n) is 13.0. The van der Waals surface area contributed by atoms with Gasteiger partial charge >= 0.3 is 0 Å². The maximum absolute atomic E-state index is 6.81. The Bertz CT molecular complexity index is 3610. The van der Waals surface area contributed by atoms with Gasteiger partial charge in [0.2, 0.25) is 0 Å². The smallest absolute Gasteiger partial charge is 0.164 e. The van der Waals surface area contributed by atoms with E-state index in [1.807, 2.05) is 97.1 Å². The van der Waals surface area contributed by atoms with Gasteiger partial charge in [0.15, 0.2) is 34.9 Å². The van der Waals surface area contributed by atoms with Crippen molar-refractivity contribution in [1.82, 2.24) is 29.9 Å². The van der Waals surface area contributed by atoms with E-state index in [-0.39, 0.29) is 0 Å². The van der Waals surface area contributed by atoms with Gasteiger partial charge in [-0.1, -0.05) is 206 Å². The Morgan fingerprint density at radius 2 is 0.647 bits per heavy atom. The third kappa shape index (κ3) is 6.43. The molecule has 1 aliphatic carbocycles. The molecule has 68 heavy (non-hydrogen) atoms. The van der Waals surface area contributed by atoms with E-state index in [4.69, 9.17) is 34.6 Å². The van der Waals surface area contributed by atoms with Gasteiger partial charge in [0.25, 0.3) is 0 Å². The van der Waals surface area contributed by atoms with Crippen molar-refractivity contribution in [2.24, 2.45) is 0 Å². The van der Waals surface area contributed by atoms with Crippen molar-refractivity contribution >= 4 is 0 Å². The molecule has 3 heterocycles. The van der Waals surface area contributed by atoms with E-state index in [2.05, 4.69) is 133 Å². The lowest BCUT2D eigenvalue weighted by molar-refractivity contribution is 0.436. The van der Waals surface area contributed by atoms with Crippen LogP contribution in [0.2, 0.25) is 0 Å². The maximum Gasteiger partial charge on any atom is 0.164 e. The number of hydrogen-bond acceptors (Lipinski definition) is 7. The number of hydrogen-bond donors (Lipinski definition) is 0. The largest absolute Gasteiger partial charge is 0.457 e. The molecule has 7 heteroatoms. The number of benzene rings is 9. The van der Waals surface area contributed by atoms with Crippen LogP contribution in [0, 0.1) is 0 Å². The molecule has 2 aliphatic rings. The second kappa shape index (κ2) is 16.0. The number of rotatable bonds is 7. The summed E-state index contributed by atoms with van der Waals surface area (Å²) in [5, 5.41) is 0. The fraction of sp³-hybridized carbons (Fsp3) is 0.0164. The molecule has 9 aromatic carbocycles. The van der Waals surface area contributed by atoms with Crippen LogP contribution >= 0.6 is 0 Å². The zero-order chi connectivity index (χ0) is 45.0. The molecule has 318 valence electrons. The van der Waals surface area contributed by atoms with E-state index >= 15 is 0 Å². The zero-order valence-corrected chi connectivity index (χ0v) is 36.5. The Kier molecular flexibility index (Phi) is 9.25. The average Bonchev–Trinajstić information content (AvgIpc) is 3.71. The summed E-state index contributed by atoms with van der Waals surface area (Å²) in [4.78, 5) is 31.4. The summed E-state index contributed by atoms with van der Waals surface area (Å²) >= 11 is 0. The van der Waals surface area contributed by atoms with E-state index < -0.39 is 5.41 Å². The number of aromatic nitrogens is 6. The van der Waals surface area contributed by atoms with E-state index in [1.54, 1.807) is 0 Å². The van der Waals surface area contributed by atoms with E-state index in [9.17, 15) is 0 Å². The highest BCUT2D eigenvalue weighted by atomic mass is 16.5. The Morgan fingerprint density at radius 3 is 1.19 bits per heavy atom. The van der Waals surface area contributed by atoms with Crippen LogP contribution in [-0.4, -0.2) is 29.9 Å². The molecule has 13 rings (SSSR count). The van der Waals surface area contributed by atoms with Crippen LogP contribution in [0.25, 0.3) is 90.6 Å². The summed E-state index contributed by atoms with van der Waals surface area (Å²) in [7, 11) is 0. The lowest BCUT2D eigenvalue weighted by Gasteiger charge is -2.40. The Morgan fingerprint density at radius 1 is 0.250 bits per heavy atom. The fourth-order valence-electron chi connectivity index (χ4n) is 10.0. The van der Waals surface area contributed by atoms with Crippen LogP contribution in [0.5, 0.6) is 11.5 Å². The molecule has 0 unspecified atom stereocenters. The molecule has 0 bridgehead atoms. The summed E-state index contributed by atoms with van der Waals surface area (Å²) in [6.45, 7) is 0. The summed E-state index contributed by atoms with van der Waals surface area (Å²) in [6, 6.07) is 79.1. The van der Waals surface area contributed by atoms with Gasteiger partial charge in [0, 0.05) is 44.5 Å². The highest BCUT2D eigenvalue weighted by molar-refractivity contribution is 5.94. The zero-order valence-electron chi connectivity index (χ0n) is 36.5. The van der Waals surface area contributed by atoms with Crippen LogP contribution in [0.3, 0.4) is 0 Å². The van der Waals surface area contributed by atoms with Gasteiger partial charge in [-0.25, -0.2) is 29.9 Å². The van der Waals surface area contributed by atoms with Gasteiger partial charge < -0.3 is 4.74 Å². The van der Waals surface area contributed by atoms with Gasteiger partial charge in [-0.15, -0.1) is 0 Å². The van der Waals surface area contributed by atoms with Crippen molar-refractivity contribution in [3.63, 3.8) is 0 Å². The van der Waals surface area contributed by atoms with Gasteiger partial charge in [0.1, 0.15) is 11.5 Å². The highest BCUT2D eigenvalue weighted by Gasteiger charge is 2.52. The van der Waals surface area contributed by atoms with Crippen molar-refractivity contribution in [1.29, 1.82) is 0 Å². The van der Waals surface area contributed by atoms with Gasteiger partial charge in [-0.3, -0.25) is 0 Å². The standard InChI is InChI=1S/C61H38N6O/c1-5-19-39(20-6-1)43-27-17-28-44(37-43)58-65-57(42-25-11-4-12-26-42)66-60(67-58)48-30-18-29-47-46-36-35-45(59-63-55(40-21-7-2-8-22-40)62-56(64-59)41-23-9-3-10-24-41)38-51(46)61(54(47)48)49-31-13-15-33-52(49)68-53-34-16-14-32-50(53)61/h1-38H. The molecule has 7 nitrogen and oxygen atoms in total. The first-order valence-corrected chi connectivity index (χ1v) is 22.7. The Balaban J connectivity index is 1.08. The predicted octanol–water partition coefficient (Wildman–Crippen LogP) is 14.2. The number of para-hydroxylation sites is 2. The SMILES string of the molecule is c1ccc(-c2cccc(-c3nc(-c4ccccc4)nc(-c4cccc5c4C4(c6ccccc6Oc6ccccc64)c4cc(-c6nc(-c7ccccc7)nc(-c7ccccc7)n6)ccc4-5)n3)c2)cc1. The normalized spacial score (nSPS) is 12.6. The van der Waals surface area contributed by atoms with Crippen LogP contribution in [0.1, 0.15) is 22.3 Å². The van der Waals surface area contributed by atoms with Crippen LogP contribution < -0.4 is 4.74 Å². The second-order valence-electron chi connectivity index (χ2n) is 17.0. The second-order valence-corrected chi connectivity index (χ2v) is 17.0. The first-order chi connectivity index (χ1) is 33.7. The van der Waals surface area contributed by atoms with Crippen LogP contribution in [-0.2, 0) is 5.41 Å². The molecule has 1 spiro atoms. The van der Waals surface area contributed by atoms with Gasteiger partial charge in [-0.05, 0) is 57.6 Å². The van der Waals surface area contributed by atoms with Crippen LogP contribution in [0.15, 0.2) is 231 Å². The van der Waals surface area contributed by atoms with E-state index in [1.165, 1.54) is 0 Å². The molecule has 0 atom stereocenters. The molecule has 0 fully saturated rings. The van der Waals surface area contributed by atoms with Crippen molar-refractivity contribution < 1.29 is 4.74 Å². The average molecular weight is 871 g/mol. The number of nitrogens with zero attached hydrogens (tertiary/aromatic N) is 6. The number of fused-ring (bicyclic) bond motifs is 9. The van der Waals surface area contributed by atoms with E-state index in [0.717, 1.165) is 89.4 Å². The van der Waals surface area contributed by atoms with Crippen molar-refractivity contribution in [3.8, 4) is 102 Å². The molecule has 11 aromatic rings. The molecular weight excluding hydrogens is 833 g/mol. The van der Waals surface area contributed by atoms with Crippen molar-refractivity contribution in [2.45, 2.75) is 5.41 Å². The molecule has 0 radical (unpaired) electrons. The van der Waals surface area contributed by atoms with Crippen LogP contribution in [0.4, 0.5) is 0 Å². The quantitative estimate of drug-likeness (QED) is 0.158. The van der Waals surface area contributed by atoms with Crippen molar-refractivity contribution in [3.05, 3.63) is 253 Å². The molecule has 0 amide bonds. The lowest BCUT2D eigenvalue weighted by atomic mass is 9.65. The summed E-state index contributed by atoms with van der Waals surface area (Å²) in [6.07, 6.45) is 0. The molecule has 0 N–H and O–H groups in total. The maximum atomic E-state index is 6.81. The molecular formula is C61H38N6O. The Hall–Kier alpha value is -9.20. The lowest BCUT2D eigenvalue weighted by Crippen LogP contribution is -2.32. The van der Waals surface area contributed by atoms with Crippen molar-refractivity contribution in [2.75, 3.05) is 0 Å². The minimum absolute atomic E-state index is 0.571. The van der Waals surface area contributed by atoms with E-state index in [0.29, 0.717) is 34.9 Å². The summed E-state index contributed by atoms with van der Waals surface area (Å²) in [5.41, 5.74) is 13.0. The molecule has 0 saturated heterocycles. The minimum atomic E-state index is -0.882.